The molecule has 16 heavy (non-hydrogen) atoms. The van der Waals surface area contributed by atoms with Crippen molar-refractivity contribution in [1.82, 2.24) is 5.32 Å². The van der Waals surface area contributed by atoms with Crippen molar-refractivity contribution in [3.8, 4) is 0 Å². The third-order valence-electron chi connectivity index (χ3n) is 3.57. The Morgan fingerprint density at radius 1 is 1.56 bits per heavy atom. The van der Waals surface area contributed by atoms with Gasteiger partial charge in [0.1, 0.15) is 0 Å². The van der Waals surface area contributed by atoms with E-state index in [1.807, 2.05) is 18.4 Å². The van der Waals surface area contributed by atoms with Gasteiger partial charge in [-0.15, -0.1) is 11.3 Å². The summed E-state index contributed by atoms with van der Waals surface area (Å²) in [7, 11) is 2.04. The van der Waals surface area contributed by atoms with Crippen LogP contribution in [0.25, 0.3) is 0 Å². The lowest BCUT2D eigenvalue weighted by Crippen LogP contribution is -2.52. The van der Waals surface area contributed by atoms with E-state index in [0.29, 0.717) is 6.04 Å². The summed E-state index contributed by atoms with van der Waals surface area (Å²) in [5, 5.41) is 5.58. The second-order valence-corrected chi connectivity index (χ2v) is 5.78. The molecule has 0 aliphatic carbocycles. The van der Waals surface area contributed by atoms with Crippen LogP contribution in [0.1, 0.15) is 31.1 Å². The van der Waals surface area contributed by atoms with Gasteiger partial charge in [0.2, 0.25) is 0 Å². The van der Waals surface area contributed by atoms with E-state index in [0.717, 1.165) is 13.0 Å². The van der Waals surface area contributed by atoms with Crippen LogP contribution in [0.15, 0.2) is 17.5 Å². The van der Waals surface area contributed by atoms with Crippen molar-refractivity contribution in [2.24, 2.45) is 0 Å². The molecule has 2 nitrogen and oxygen atoms in total. The van der Waals surface area contributed by atoms with E-state index in [2.05, 4.69) is 29.8 Å². The normalized spacial score (nSPS) is 27.9. The van der Waals surface area contributed by atoms with E-state index < -0.39 is 0 Å². The molecule has 2 rings (SSSR count). The van der Waals surface area contributed by atoms with Gasteiger partial charge in [-0.05, 0) is 51.1 Å². The van der Waals surface area contributed by atoms with Gasteiger partial charge in [-0.3, -0.25) is 0 Å². The van der Waals surface area contributed by atoms with Gasteiger partial charge in [0.25, 0.3) is 0 Å². The van der Waals surface area contributed by atoms with Crippen LogP contribution in [0.3, 0.4) is 0 Å². The average Bonchev–Trinajstić information content (AvgIpc) is 2.79. The van der Waals surface area contributed by atoms with E-state index in [1.54, 1.807) is 0 Å². The molecule has 1 aliphatic rings. The van der Waals surface area contributed by atoms with Gasteiger partial charge in [0.15, 0.2) is 0 Å². The van der Waals surface area contributed by atoms with Gasteiger partial charge in [0.05, 0.1) is 5.60 Å². The van der Waals surface area contributed by atoms with Crippen LogP contribution in [0.2, 0.25) is 0 Å². The summed E-state index contributed by atoms with van der Waals surface area (Å²) in [6.07, 6.45) is 4.75. The van der Waals surface area contributed by atoms with Crippen LogP contribution in [-0.4, -0.2) is 25.3 Å². The molecule has 0 aromatic carbocycles. The summed E-state index contributed by atoms with van der Waals surface area (Å²) >= 11 is 1.83. The van der Waals surface area contributed by atoms with Crippen LogP contribution in [0, 0.1) is 0 Å². The van der Waals surface area contributed by atoms with Gasteiger partial charge in [-0.25, -0.2) is 0 Å². The molecule has 0 radical (unpaired) electrons. The Labute approximate surface area is 102 Å². The van der Waals surface area contributed by atoms with Crippen molar-refractivity contribution in [2.45, 2.75) is 44.2 Å². The first-order valence-electron chi connectivity index (χ1n) is 6.08. The zero-order valence-electron chi connectivity index (χ0n) is 10.2. The lowest BCUT2D eigenvalue weighted by molar-refractivity contribution is -0.0869. The Kier molecular flexibility index (Phi) is 4.00. The molecule has 2 atom stereocenters. The predicted molar refractivity (Wildman–Crippen MR) is 69.1 cm³/mol. The zero-order chi connectivity index (χ0) is 11.4. The molecule has 2 heterocycles. The van der Waals surface area contributed by atoms with Crippen LogP contribution in [-0.2, 0) is 11.2 Å². The van der Waals surface area contributed by atoms with Crippen LogP contribution >= 0.6 is 11.3 Å². The fourth-order valence-corrected chi connectivity index (χ4v) is 3.24. The summed E-state index contributed by atoms with van der Waals surface area (Å²) in [5.74, 6) is 0. The lowest BCUT2D eigenvalue weighted by atomic mass is 9.86. The molecule has 1 aliphatic heterocycles. The monoisotopic (exact) mass is 239 g/mol. The number of nitrogens with one attached hydrogen (secondary N) is 1. The van der Waals surface area contributed by atoms with Gasteiger partial charge in [0, 0.05) is 17.5 Å². The molecule has 1 N–H and O–H groups in total. The van der Waals surface area contributed by atoms with Crippen LogP contribution < -0.4 is 5.32 Å². The lowest BCUT2D eigenvalue weighted by Gasteiger charge is -2.40. The molecule has 2 unspecified atom stereocenters. The van der Waals surface area contributed by atoms with Gasteiger partial charge >= 0.3 is 0 Å². The maximum Gasteiger partial charge on any atom is 0.0810 e. The first kappa shape index (κ1) is 12.1. The Bertz CT molecular complexity index is 304. The van der Waals surface area contributed by atoms with E-state index in [4.69, 9.17) is 4.74 Å². The number of hydrogen-bond donors (Lipinski definition) is 1. The second-order valence-electron chi connectivity index (χ2n) is 4.74. The number of hydrogen-bond acceptors (Lipinski definition) is 3. The highest BCUT2D eigenvalue weighted by molar-refractivity contribution is 7.09. The van der Waals surface area contributed by atoms with Gasteiger partial charge < -0.3 is 10.1 Å². The third kappa shape index (κ3) is 2.65. The third-order valence-corrected chi connectivity index (χ3v) is 4.47. The first-order valence-corrected chi connectivity index (χ1v) is 6.96. The molecule has 1 aromatic heterocycles. The Morgan fingerprint density at radius 2 is 2.44 bits per heavy atom. The number of likely N-dealkylation sites (N-methyl/N-ethyl adjacent to an activating group) is 1. The van der Waals surface area contributed by atoms with Crippen molar-refractivity contribution in [3.05, 3.63) is 22.4 Å². The van der Waals surface area contributed by atoms with Crippen LogP contribution in [0.5, 0.6) is 0 Å². The summed E-state index contributed by atoms with van der Waals surface area (Å²) in [5.41, 5.74) is 0.0109. The van der Waals surface area contributed by atoms with Gasteiger partial charge in [-0.1, -0.05) is 6.07 Å². The fourth-order valence-electron chi connectivity index (χ4n) is 2.48. The van der Waals surface area contributed by atoms with Crippen molar-refractivity contribution < 1.29 is 4.74 Å². The highest BCUT2D eigenvalue weighted by atomic mass is 32.1. The highest BCUT2D eigenvalue weighted by Gasteiger charge is 2.35. The maximum atomic E-state index is 6.01. The van der Waals surface area contributed by atoms with Crippen molar-refractivity contribution in [1.29, 1.82) is 0 Å². The molecule has 0 saturated carbocycles. The van der Waals surface area contributed by atoms with Crippen molar-refractivity contribution in [2.75, 3.05) is 13.7 Å². The molecule has 1 fully saturated rings. The van der Waals surface area contributed by atoms with E-state index in [9.17, 15) is 0 Å². The molecule has 3 heteroatoms. The molecule has 1 saturated heterocycles. The molecule has 0 bridgehead atoms. The maximum absolute atomic E-state index is 6.01. The minimum Gasteiger partial charge on any atom is -0.374 e. The van der Waals surface area contributed by atoms with E-state index >= 15 is 0 Å². The minimum absolute atomic E-state index is 0.0109. The van der Waals surface area contributed by atoms with E-state index in [-0.39, 0.29) is 5.60 Å². The summed E-state index contributed by atoms with van der Waals surface area (Å²) in [4.78, 5) is 1.44. The van der Waals surface area contributed by atoms with Crippen molar-refractivity contribution >= 4 is 11.3 Å². The number of ether oxygens (including phenoxy) is 1. The molecule has 90 valence electrons. The fraction of sp³-hybridized carbons (Fsp3) is 0.692. The molecule has 1 aromatic rings. The Morgan fingerprint density at radius 3 is 3.00 bits per heavy atom. The SMILES string of the molecule is CNC(Cc1cccs1)C1(C)CCCCO1. The van der Waals surface area contributed by atoms with Crippen LogP contribution in [0.4, 0.5) is 0 Å². The average molecular weight is 239 g/mol. The molecular weight excluding hydrogens is 218 g/mol. The Hall–Kier alpha value is -0.380. The topological polar surface area (TPSA) is 21.3 Å². The standard InChI is InChI=1S/C13H21NOS/c1-13(7-3-4-8-15-13)12(14-2)10-11-6-5-9-16-11/h5-6,9,12,14H,3-4,7-8,10H2,1-2H3. The number of rotatable bonds is 4. The van der Waals surface area contributed by atoms with E-state index in [1.165, 1.54) is 24.1 Å². The highest BCUT2D eigenvalue weighted by Crippen LogP contribution is 2.30. The first-order chi connectivity index (χ1) is 7.74. The molecule has 0 spiro atoms. The van der Waals surface area contributed by atoms with Crippen molar-refractivity contribution in [3.63, 3.8) is 0 Å². The number of thiophene rings is 1. The predicted octanol–water partition coefficient (Wildman–Crippen LogP) is 2.84. The zero-order valence-corrected chi connectivity index (χ0v) is 11.0. The summed E-state index contributed by atoms with van der Waals surface area (Å²) in [6, 6.07) is 4.75. The Balaban J connectivity index is 2.03. The molecule has 0 amide bonds. The largest absolute Gasteiger partial charge is 0.374 e. The smallest absolute Gasteiger partial charge is 0.0810 e. The second kappa shape index (κ2) is 5.30. The van der Waals surface area contributed by atoms with Gasteiger partial charge in [-0.2, -0.15) is 0 Å². The quantitative estimate of drug-likeness (QED) is 0.872. The summed E-state index contributed by atoms with van der Waals surface area (Å²) in [6.45, 7) is 3.17. The molecular formula is C13H21NOS. The summed E-state index contributed by atoms with van der Waals surface area (Å²) < 4.78 is 6.01. The minimum atomic E-state index is 0.0109.